The number of hydrogen-bond acceptors (Lipinski definition) is 3. The topological polar surface area (TPSA) is 66.4 Å². The number of carboxylic acid groups (broad SMARTS) is 1. The lowest BCUT2D eigenvalue weighted by Gasteiger charge is -2.08. The van der Waals surface area contributed by atoms with Gasteiger partial charge in [0.15, 0.2) is 0 Å². The molecule has 0 saturated carbocycles. The smallest absolute Gasteiger partial charge is 0.327 e. The molecule has 2 N–H and O–H groups in total. The molecule has 0 aromatic rings. The van der Waals surface area contributed by atoms with E-state index in [9.17, 15) is 9.59 Å². The number of thiol groups is 1. The maximum atomic E-state index is 10.3. The molecule has 4 nitrogen and oxygen atoms in total. The molecule has 0 radical (unpaired) electrons. The molecule has 0 aromatic heterocycles. The van der Waals surface area contributed by atoms with Crippen LogP contribution in [0.4, 0.5) is 0 Å². The molecule has 0 heterocycles. The number of halogens is 1. The summed E-state index contributed by atoms with van der Waals surface area (Å²) in [7, 11) is 0. The second-order valence-corrected chi connectivity index (χ2v) is 2.14. The maximum Gasteiger partial charge on any atom is 0.327 e. The van der Waals surface area contributed by atoms with E-state index in [4.69, 9.17) is 5.11 Å². The summed E-state index contributed by atoms with van der Waals surface area (Å²) in [4.78, 5) is 20.5. The lowest BCUT2D eigenvalue weighted by molar-refractivity contribution is -0.140. The highest BCUT2D eigenvalue weighted by Gasteiger charge is 2.14. The van der Waals surface area contributed by atoms with Crippen LogP contribution in [0.1, 0.15) is 6.92 Å². The summed E-state index contributed by atoms with van der Waals surface area (Å²) >= 11 is 3.73. The van der Waals surface area contributed by atoms with Crippen molar-refractivity contribution in [3.8, 4) is 0 Å². The van der Waals surface area contributed by atoms with Crippen molar-refractivity contribution in [1.82, 2.24) is 5.32 Å². The van der Waals surface area contributed by atoms with Gasteiger partial charge in [-0.05, 0) is 0 Å². The summed E-state index contributed by atoms with van der Waals surface area (Å²) in [5.41, 5.74) is 0. The van der Waals surface area contributed by atoms with Crippen molar-refractivity contribution in [3.63, 3.8) is 0 Å². The van der Waals surface area contributed by atoms with Gasteiger partial charge in [-0.2, -0.15) is 12.6 Å². The highest BCUT2D eigenvalue weighted by Crippen LogP contribution is 1.86. The normalized spacial score (nSPS) is 11.1. The first-order chi connectivity index (χ1) is 4.57. The van der Waals surface area contributed by atoms with Gasteiger partial charge in [-0.1, -0.05) is 0 Å². The van der Waals surface area contributed by atoms with E-state index in [1.807, 2.05) is 0 Å². The van der Waals surface area contributed by atoms with Crippen LogP contribution in [0.25, 0.3) is 0 Å². The summed E-state index contributed by atoms with van der Waals surface area (Å²) in [6, 6.07) is -0.874. The number of carbonyl (C=O) groups excluding carboxylic acids is 1. The van der Waals surface area contributed by atoms with E-state index < -0.39 is 12.0 Å². The number of aliphatic carboxylic acids is 1. The minimum absolute atomic E-state index is 0. The SMILES string of the molecule is Br.CC(=O)NC(CS)C(=O)O. The third kappa shape index (κ3) is 6.18. The number of carbonyl (C=O) groups is 2. The fraction of sp³-hybridized carbons (Fsp3) is 0.600. The predicted molar refractivity (Wildman–Crippen MR) is 49.4 cm³/mol. The molecule has 0 fully saturated rings. The third-order valence-electron chi connectivity index (χ3n) is 0.858. The first-order valence-corrected chi connectivity index (χ1v) is 3.32. The average molecular weight is 244 g/mol. The lowest BCUT2D eigenvalue weighted by atomic mass is 10.3. The first-order valence-electron chi connectivity index (χ1n) is 2.68. The summed E-state index contributed by atoms with van der Waals surface area (Å²) in [5.74, 6) is -1.32. The molecule has 0 aliphatic heterocycles. The summed E-state index contributed by atoms with van der Waals surface area (Å²) < 4.78 is 0. The van der Waals surface area contributed by atoms with Crippen LogP contribution in [-0.2, 0) is 9.59 Å². The minimum atomic E-state index is -1.06. The molecular formula is C5H10BrNO3S. The van der Waals surface area contributed by atoms with Gasteiger partial charge < -0.3 is 10.4 Å². The van der Waals surface area contributed by atoms with Gasteiger partial charge in [0.2, 0.25) is 5.91 Å². The van der Waals surface area contributed by atoms with Crippen molar-refractivity contribution in [3.05, 3.63) is 0 Å². The van der Waals surface area contributed by atoms with Crippen molar-refractivity contribution in [2.24, 2.45) is 0 Å². The largest absolute Gasteiger partial charge is 0.480 e. The Morgan fingerprint density at radius 1 is 1.64 bits per heavy atom. The van der Waals surface area contributed by atoms with Crippen LogP contribution in [0.5, 0.6) is 0 Å². The molecule has 0 bridgehead atoms. The Balaban J connectivity index is 0. The number of carboxylic acids is 1. The Labute approximate surface area is 80.5 Å². The van der Waals surface area contributed by atoms with Crippen LogP contribution in [0.15, 0.2) is 0 Å². The Morgan fingerprint density at radius 2 is 2.09 bits per heavy atom. The van der Waals surface area contributed by atoms with Crippen LogP contribution in [0, 0.1) is 0 Å². The Bertz CT molecular complexity index is 153. The van der Waals surface area contributed by atoms with Gasteiger partial charge >= 0.3 is 5.97 Å². The fourth-order valence-electron chi connectivity index (χ4n) is 0.431. The molecule has 11 heavy (non-hydrogen) atoms. The number of hydrogen-bond donors (Lipinski definition) is 3. The zero-order valence-corrected chi connectivity index (χ0v) is 8.51. The highest BCUT2D eigenvalue weighted by molar-refractivity contribution is 8.93. The van der Waals surface area contributed by atoms with E-state index in [1.165, 1.54) is 6.92 Å². The van der Waals surface area contributed by atoms with Gasteiger partial charge in [-0.15, -0.1) is 17.0 Å². The van der Waals surface area contributed by atoms with E-state index in [0.717, 1.165) is 0 Å². The number of nitrogens with one attached hydrogen (secondary N) is 1. The molecule has 0 spiro atoms. The Morgan fingerprint density at radius 3 is 2.18 bits per heavy atom. The monoisotopic (exact) mass is 243 g/mol. The van der Waals surface area contributed by atoms with Crippen LogP contribution < -0.4 is 5.32 Å². The average Bonchev–Trinajstić information content (AvgIpc) is 1.81. The molecule has 0 saturated heterocycles. The lowest BCUT2D eigenvalue weighted by Crippen LogP contribution is -2.40. The second kappa shape index (κ2) is 6.48. The fourth-order valence-corrected chi connectivity index (χ4v) is 0.678. The summed E-state index contributed by atoms with van der Waals surface area (Å²) in [6.45, 7) is 1.26. The van der Waals surface area contributed by atoms with E-state index in [1.54, 1.807) is 0 Å². The molecular weight excluding hydrogens is 234 g/mol. The molecule has 0 rings (SSSR count). The summed E-state index contributed by atoms with van der Waals surface area (Å²) in [5, 5.41) is 10.6. The molecule has 0 aromatic carbocycles. The minimum Gasteiger partial charge on any atom is -0.480 e. The highest BCUT2D eigenvalue weighted by atomic mass is 79.9. The molecule has 0 aliphatic rings. The Kier molecular flexibility index (Phi) is 7.87. The van der Waals surface area contributed by atoms with Gasteiger partial charge in [0.05, 0.1) is 0 Å². The molecule has 66 valence electrons. The van der Waals surface area contributed by atoms with Gasteiger partial charge in [-0.3, -0.25) is 4.79 Å². The van der Waals surface area contributed by atoms with Gasteiger partial charge in [0.25, 0.3) is 0 Å². The number of amides is 1. The second-order valence-electron chi connectivity index (χ2n) is 1.77. The van der Waals surface area contributed by atoms with E-state index >= 15 is 0 Å². The molecule has 1 amide bonds. The zero-order valence-electron chi connectivity index (χ0n) is 5.90. The predicted octanol–water partition coefficient (Wildman–Crippen LogP) is 0.0834. The van der Waals surface area contributed by atoms with Crippen molar-refractivity contribution in [1.29, 1.82) is 0 Å². The van der Waals surface area contributed by atoms with E-state index in [0.29, 0.717) is 0 Å². The van der Waals surface area contributed by atoms with Gasteiger partial charge in [0, 0.05) is 12.7 Å². The molecule has 0 aliphatic carbocycles. The van der Waals surface area contributed by atoms with Crippen molar-refractivity contribution in [2.75, 3.05) is 5.75 Å². The number of rotatable bonds is 3. The maximum absolute atomic E-state index is 10.3. The molecule has 1 unspecified atom stereocenters. The van der Waals surface area contributed by atoms with Crippen LogP contribution in [-0.4, -0.2) is 28.8 Å². The molecule has 6 heteroatoms. The zero-order chi connectivity index (χ0) is 8.15. The molecule has 1 atom stereocenters. The van der Waals surface area contributed by atoms with Crippen molar-refractivity contribution < 1.29 is 14.7 Å². The van der Waals surface area contributed by atoms with Crippen LogP contribution in [0.3, 0.4) is 0 Å². The quantitative estimate of drug-likeness (QED) is 0.616. The van der Waals surface area contributed by atoms with Crippen molar-refractivity contribution >= 4 is 41.5 Å². The van der Waals surface area contributed by atoms with Gasteiger partial charge in [0.1, 0.15) is 6.04 Å². The van der Waals surface area contributed by atoms with Crippen LogP contribution in [0.2, 0.25) is 0 Å². The van der Waals surface area contributed by atoms with Crippen molar-refractivity contribution in [2.45, 2.75) is 13.0 Å². The third-order valence-corrected chi connectivity index (χ3v) is 1.22. The van der Waals surface area contributed by atoms with E-state index in [-0.39, 0.29) is 28.6 Å². The van der Waals surface area contributed by atoms with Gasteiger partial charge in [-0.25, -0.2) is 4.79 Å². The Hall–Kier alpha value is -0.230. The summed E-state index contributed by atoms with van der Waals surface area (Å²) in [6.07, 6.45) is 0. The van der Waals surface area contributed by atoms with Crippen LogP contribution >= 0.6 is 29.6 Å². The van der Waals surface area contributed by atoms with E-state index in [2.05, 4.69) is 17.9 Å². The first kappa shape index (κ1) is 13.4. The standard InChI is InChI=1S/C5H9NO3S.BrH/c1-3(7)6-4(2-10)5(8)9;/h4,10H,2H2,1H3,(H,6,7)(H,8,9);1H.